The highest BCUT2D eigenvalue weighted by Crippen LogP contribution is 2.24. The molecule has 1 saturated heterocycles. The van der Waals surface area contributed by atoms with E-state index in [2.05, 4.69) is 23.4 Å². The fraction of sp³-hybridized carbons (Fsp3) is 0.600. The maximum Gasteiger partial charge on any atom is 0.0293 e. The molecule has 0 aromatic carbocycles. The number of rotatable bonds is 7. The lowest BCUT2D eigenvalue weighted by atomic mass is 9.93. The summed E-state index contributed by atoms with van der Waals surface area (Å²) < 4.78 is 0. The minimum Gasteiger partial charge on any atom is -0.399 e. The van der Waals surface area contributed by atoms with E-state index in [1.807, 2.05) is 52.8 Å². The second-order valence-electron chi connectivity index (χ2n) is 5.12. The van der Waals surface area contributed by atoms with Crippen LogP contribution >= 0.6 is 0 Å². The number of hydrogen-bond acceptors (Lipinski definition) is 4. The molecule has 0 atom stereocenters. The molecular formula is C20H40N4. The van der Waals surface area contributed by atoms with E-state index in [4.69, 9.17) is 11.5 Å². The summed E-state index contributed by atoms with van der Waals surface area (Å²) >= 11 is 0. The van der Waals surface area contributed by atoms with Crippen LogP contribution < -0.4 is 16.8 Å². The van der Waals surface area contributed by atoms with Gasteiger partial charge in [-0.15, -0.1) is 0 Å². The van der Waals surface area contributed by atoms with Crippen molar-refractivity contribution in [3.8, 4) is 0 Å². The minimum atomic E-state index is 0.537. The summed E-state index contributed by atoms with van der Waals surface area (Å²) in [6.07, 6.45) is 7.96. The molecule has 140 valence electrons. The second kappa shape index (κ2) is 16.2. The molecule has 0 saturated carbocycles. The molecule has 0 amide bonds. The summed E-state index contributed by atoms with van der Waals surface area (Å²) in [5.74, 6) is 0.537. The number of allylic oxidation sites excluding steroid dienone is 4. The number of hydrogen-bond donors (Lipinski definition) is 3. The molecule has 0 unspecified atom stereocenters. The van der Waals surface area contributed by atoms with Crippen LogP contribution in [0, 0.1) is 5.92 Å². The molecule has 0 aromatic heterocycles. The third-order valence-electron chi connectivity index (χ3n) is 3.69. The highest BCUT2D eigenvalue weighted by Gasteiger charge is 2.21. The maximum absolute atomic E-state index is 5.74. The molecule has 1 heterocycles. The SMILES string of the molecule is C=C(NCCN)C1CCN(C(=C)/C=C\C(N)=C/C)CC1.CC.CC. The Balaban J connectivity index is 0. The van der Waals surface area contributed by atoms with Gasteiger partial charge in [0.05, 0.1) is 0 Å². The Labute approximate surface area is 150 Å². The Hall–Kier alpha value is -1.68. The zero-order valence-corrected chi connectivity index (χ0v) is 16.6. The van der Waals surface area contributed by atoms with Crippen LogP contribution in [0.3, 0.4) is 0 Å². The average molecular weight is 337 g/mol. The molecule has 0 spiro atoms. The number of nitrogens with one attached hydrogen (secondary N) is 1. The predicted octanol–water partition coefficient (Wildman–Crippen LogP) is 3.75. The summed E-state index contributed by atoms with van der Waals surface area (Å²) in [7, 11) is 0. The van der Waals surface area contributed by atoms with Gasteiger partial charge >= 0.3 is 0 Å². The van der Waals surface area contributed by atoms with Gasteiger partial charge in [0.2, 0.25) is 0 Å². The highest BCUT2D eigenvalue weighted by atomic mass is 15.1. The average Bonchev–Trinajstić information content (AvgIpc) is 2.67. The van der Waals surface area contributed by atoms with E-state index >= 15 is 0 Å². The third-order valence-corrected chi connectivity index (χ3v) is 3.69. The van der Waals surface area contributed by atoms with Crippen LogP contribution in [0.15, 0.2) is 48.5 Å². The van der Waals surface area contributed by atoms with Gasteiger partial charge in [-0.05, 0) is 31.9 Å². The van der Waals surface area contributed by atoms with Gasteiger partial charge in [-0.1, -0.05) is 46.9 Å². The van der Waals surface area contributed by atoms with Crippen LogP contribution in [0.4, 0.5) is 0 Å². The zero-order chi connectivity index (χ0) is 19.0. The summed E-state index contributed by atoms with van der Waals surface area (Å²) in [6, 6.07) is 0. The van der Waals surface area contributed by atoms with Crippen LogP contribution in [-0.4, -0.2) is 31.1 Å². The van der Waals surface area contributed by atoms with Crippen molar-refractivity contribution in [3.05, 3.63) is 48.5 Å². The van der Waals surface area contributed by atoms with Gasteiger partial charge in [0.25, 0.3) is 0 Å². The molecule has 24 heavy (non-hydrogen) atoms. The lowest BCUT2D eigenvalue weighted by Crippen LogP contribution is -2.35. The zero-order valence-electron chi connectivity index (χ0n) is 16.6. The molecule has 5 N–H and O–H groups in total. The van der Waals surface area contributed by atoms with Crippen molar-refractivity contribution in [3.63, 3.8) is 0 Å². The summed E-state index contributed by atoms with van der Waals surface area (Å²) in [5.41, 5.74) is 14.1. The van der Waals surface area contributed by atoms with E-state index in [0.717, 1.165) is 49.6 Å². The van der Waals surface area contributed by atoms with E-state index < -0.39 is 0 Å². The highest BCUT2D eigenvalue weighted by molar-refractivity contribution is 5.23. The van der Waals surface area contributed by atoms with Crippen LogP contribution in [0.25, 0.3) is 0 Å². The quantitative estimate of drug-likeness (QED) is 0.620. The topological polar surface area (TPSA) is 67.3 Å². The molecule has 1 rings (SSSR count). The second-order valence-corrected chi connectivity index (χ2v) is 5.12. The first-order chi connectivity index (χ1) is 11.6. The first-order valence-corrected chi connectivity index (χ1v) is 9.25. The number of likely N-dealkylation sites (tertiary alicyclic amines) is 1. The van der Waals surface area contributed by atoms with Gasteiger partial charge in [0.15, 0.2) is 0 Å². The van der Waals surface area contributed by atoms with Crippen molar-refractivity contribution in [1.29, 1.82) is 0 Å². The van der Waals surface area contributed by atoms with E-state index in [-0.39, 0.29) is 0 Å². The van der Waals surface area contributed by atoms with Gasteiger partial charge in [0, 0.05) is 49.2 Å². The van der Waals surface area contributed by atoms with E-state index in [0.29, 0.717) is 12.5 Å². The van der Waals surface area contributed by atoms with Crippen LogP contribution in [0.5, 0.6) is 0 Å². The monoisotopic (exact) mass is 336 g/mol. The summed E-state index contributed by atoms with van der Waals surface area (Å²) in [5, 5.41) is 3.30. The molecule has 0 bridgehead atoms. The Kier molecular flexibility index (Phi) is 16.6. The molecule has 0 aromatic rings. The fourth-order valence-electron chi connectivity index (χ4n) is 2.29. The molecule has 1 aliphatic rings. The third kappa shape index (κ3) is 10.2. The fourth-order valence-corrected chi connectivity index (χ4v) is 2.29. The molecule has 4 heteroatoms. The van der Waals surface area contributed by atoms with Crippen molar-refractivity contribution in [2.24, 2.45) is 17.4 Å². The van der Waals surface area contributed by atoms with Crippen LogP contribution in [-0.2, 0) is 0 Å². The van der Waals surface area contributed by atoms with Gasteiger partial charge in [-0.3, -0.25) is 0 Å². The summed E-state index contributed by atoms with van der Waals surface area (Å²) in [6.45, 7) is 21.6. The van der Waals surface area contributed by atoms with Gasteiger partial charge < -0.3 is 21.7 Å². The molecule has 4 nitrogen and oxygen atoms in total. The lowest BCUT2D eigenvalue weighted by Gasteiger charge is -2.34. The van der Waals surface area contributed by atoms with Gasteiger partial charge in [0.1, 0.15) is 0 Å². The first-order valence-electron chi connectivity index (χ1n) is 9.25. The Morgan fingerprint density at radius 2 is 1.67 bits per heavy atom. The van der Waals surface area contributed by atoms with Crippen molar-refractivity contribution in [2.45, 2.75) is 47.5 Å². The summed E-state index contributed by atoms with van der Waals surface area (Å²) in [4.78, 5) is 2.30. The lowest BCUT2D eigenvalue weighted by molar-refractivity contribution is 0.247. The maximum atomic E-state index is 5.74. The minimum absolute atomic E-state index is 0.537. The van der Waals surface area contributed by atoms with Crippen molar-refractivity contribution in [2.75, 3.05) is 26.2 Å². The molecule has 0 aliphatic carbocycles. The molecule has 1 aliphatic heterocycles. The van der Waals surface area contributed by atoms with Crippen LogP contribution in [0.1, 0.15) is 47.5 Å². The van der Waals surface area contributed by atoms with Gasteiger partial charge in [-0.25, -0.2) is 0 Å². The molecule has 0 radical (unpaired) electrons. The Morgan fingerprint density at radius 3 is 2.12 bits per heavy atom. The predicted molar refractivity (Wildman–Crippen MR) is 109 cm³/mol. The van der Waals surface area contributed by atoms with E-state index in [1.165, 1.54) is 0 Å². The van der Waals surface area contributed by atoms with E-state index in [1.54, 1.807) is 0 Å². The smallest absolute Gasteiger partial charge is 0.0293 e. The Bertz CT molecular complexity index is 388. The molecule has 1 fully saturated rings. The first kappa shape index (κ1) is 24.6. The van der Waals surface area contributed by atoms with Crippen LogP contribution in [0.2, 0.25) is 0 Å². The van der Waals surface area contributed by atoms with Crippen molar-refractivity contribution in [1.82, 2.24) is 10.2 Å². The van der Waals surface area contributed by atoms with Crippen molar-refractivity contribution < 1.29 is 0 Å². The molecular weight excluding hydrogens is 296 g/mol. The van der Waals surface area contributed by atoms with Crippen molar-refractivity contribution >= 4 is 0 Å². The normalized spacial score (nSPS) is 15.1. The number of nitrogens with zero attached hydrogens (tertiary/aromatic N) is 1. The van der Waals surface area contributed by atoms with E-state index in [9.17, 15) is 0 Å². The number of nitrogens with two attached hydrogens (primary N) is 2. The largest absolute Gasteiger partial charge is 0.399 e. The van der Waals surface area contributed by atoms with Gasteiger partial charge in [-0.2, -0.15) is 0 Å². The number of piperidine rings is 1. The standard InChI is InChI=1S/C16H28N4.2C2H6/c1-4-16(18)6-5-13(2)20-11-7-15(8-12-20)14(3)19-10-9-17;2*1-2/h4-6,15,19H,2-3,7-12,17-18H2,1H3;2*1-2H3/b6-5-,16-4+;;. The Morgan fingerprint density at radius 1 is 1.12 bits per heavy atom.